The van der Waals surface area contributed by atoms with E-state index >= 15 is 0 Å². The number of carbonyl (C=O) groups excluding carboxylic acids is 1. The highest BCUT2D eigenvalue weighted by molar-refractivity contribution is 9.10. The maximum Gasteiger partial charge on any atom is 0.330 e. The van der Waals surface area contributed by atoms with Crippen molar-refractivity contribution in [2.75, 3.05) is 13.2 Å². The fraction of sp³-hybridized carbons (Fsp3) is 0.118. The molecule has 0 heterocycles. The molecule has 0 bridgehead atoms. The van der Waals surface area contributed by atoms with Crippen LogP contribution in [0, 0.1) is 10.1 Å². The van der Waals surface area contributed by atoms with Crippen LogP contribution < -0.4 is 4.74 Å². The predicted molar refractivity (Wildman–Crippen MR) is 92.7 cm³/mol. The van der Waals surface area contributed by atoms with Gasteiger partial charge in [-0.3, -0.25) is 10.1 Å². The van der Waals surface area contributed by atoms with Crippen LogP contribution in [0.3, 0.4) is 0 Å². The molecule has 0 amide bonds. The number of nitro benzene ring substituents is 1. The number of hydrogen-bond donors (Lipinski definition) is 0. The van der Waals surface area contributed by atoms with E-state index < -0.39 is 10.9 Å². The summed E-state index contributed by atoms with van der Waals surface area (Å²) in [6, 6.07) is 13.2. The Morgan fingerprint density at radius 3 is 2.38 bits per heavy atom. The summed E-state index contributed by atoms with van der Waals surface area (Å²) in [5, 5.41) is 10.5. The Balaban J connectivity index is 1.72. The summed E-state index contributed by atoms with van der Waals surface area (Å²) in [5.41, 5.74) is 0.670. The van der Waals surface area contributed by atoms with Crippen LogP contribution in [-0.2, 0) is 9.53 Å². The first-order valence-corrected chi connectivity index (χ1v) is 7.81. The highest BCUT2D eigenvalue weighted by Crippen LogP contribution is 2.16. The van der Waals surface area contributed by atoms with Crippen molar-refractivity contribution in [3.8, 4) is 5.75 Å². The van der Waals surface area contributed by atoms with E-state index in [0.717, 1.165) is 4.47 Å². The van der Waals surface area contributed by atoms with Crippen molar-refractivity contribution in [1.29, 1.82) is 0 Å². The number of carbonyl (C=O) groups is 1. The molecule has 0 N–H and O–H groups in total. The number of ether oxygens (including phenoxy) is 2. The van der Waals surface area contributed by atoms with Gasteiger partial charge in [0.2, 0.25) is 0 Å². The SMILES string of the molecule is O=C(/C=C/c1ccc([N+](=O)[O-])cc1)OCCOc1ccc(Br)cc1. The Bertz CT molecular complexity index is 726. The Labute approximate surface area is 147 Å². The van der Waals surface area contributed by atoms with Crippen molar-refractivity contribution >= 4 is 33.7 Å². The van der Waals surface area contributed by atoms with Gasteiger partial charge in [-0.05, 0) is 48.0 Å². The zero-order valence-electron chi connectivity index (χ0n) is 12.6. The topological polar surface area (TPSA) is 78.7 Å². The summed E-state index contributed by atoms with van der Waals surface area (Å²) in [6.45, 7) is 0.373. The van der Waals surface area contributed by atoms with Crippen molar-refractivity contribution in [1.82, 2.24) is 0 Å². The largest absolute Gasteiger partial charge is 0.490 e. The Morgan fingerprint density at radius 1 is 1.08 bits per heavy atom. The average molecular weight is 392 g/mol. The number of rotatable bonds is 7. The highest BCUT2D eigenvalue weighted by atomic mass is 79.9. The number of non-ortho nitro benzene ring substituents is 1. The van der Waals surface area contributed by atoms with Crippen LogP contribution in [0.5, 0.6) is 5.75 Å². The first kappa shape index (κ1) is 17.7. The van der Waals surface area contributed by atoms with E-state index in [2.05, 4.69) is 15.9 Å². The number of esters is 1. The predicted octanol–water partition coefficient (Wildman–Crippen LogP) is 3.99. The van der Waals surface area contributed by atoms with Gasteiger partial charge in [0.25, 0.3) is 5.69 Å². The molecule has 0 fully saturated rings. The summed E-state index contributed by atoms with van der Waals surface area (Å²) in [4.78, 5) is 21.6. The molecule has 6 nitrogen and oxygen atoms in total. The molecule has 0 aliphatic heterocycles. The molecule has 2 aromatic carbocycles. The van der Waals surface area contributed by atoms with E-state index in [1.165, 1.54) is 24.3 Å². The minimum absolute atomic E-state index is 0.000169. The van der Waals surface area contributed by atoms with Gasteiger partial charge in [-0.1, -0.05) is 15.9 Å². The van der Waals surface area contributed by atoms with Gasteiger partial charge < -0.3 is 9.47 Å². The van der Waals surface area contributed by atoms with Gasteiger partial charge in [0, 0.05) is 22.7 Å². The fourth-order valence-electron chi connectivity index (χ4n) is 1.75. The van der Waals surface area contributed by atoms with Crippen LogP contribution in [0.25, 0.3) is 6.08 Å². The Hall–Kier alpha value is -2.67. The average Bonchev–Trinajstić information content (AvgIpc) is 2.59. The molecule has 0 aromatic heterocycles. The van der Waals surface area contributed by atoms with Crippen molar-refractivity contribution < 1.29 is 19.2 Å². The molecule has 0 spiro atoms. The van der Waals surface area contributed by atoms with Gasteiger partial charge in [-0.25, -0.2) is 4.79 Å². The molecule has 0 atom stereocenters. The maximum absolute atomic E-state index is 11.6. The molecule has 124 valence electrons. The van der Waals surface area contributed by atoms with Gasteiger partial charge in [-0.15, -0.1) is 0 Å². The molecular formula is C17H14BrNO5. The normalized spacial score (nSPS) is 10.5. The highest BCUT2D eigenvalue weighted by Gasteiger charge is 2.03. The number of hydrogen-bond acceptors (Lipinski definition) is 5. The van der Waals surface area contributed by atoms with Crippen molar-refractivity contribution in [2.45, 2.75) is 0 Å². The lowest BCUT2D eigenvalue weighted by Crippen LogP contribution is -2.10. The minimum Gasteiger partial charge on any atom is -0.490 e. The molecule has 24 heavy (non-hydrogen) atoms. The van der Waals surface area contributed by atoms with Crippen LogP contribution in [0.1, 0.15) is 5.56 Å². The fourth-order valence-corrected chi connectivity index (χ4v) is 2.02. The number of nitrogens with zero attached hydrogens (tertiary/aromatic N) is 1. The van der Waals surface area contributed by atoms with E-state index in [-0.39, 0.29) is 18.9 Å². The third-order valence-electron chi connectivity index (χ3n) is 2.93. The third-order valence-corrected chi connectivity index (χ3v) is 3.45. The number of nitro groups is 1. The summed E-state index contributed by atoms with van der Waals surface area (Å²) in [7, 11) is 0. The maximum atomic E-state index is 11.6. The second kappa shape index (κ2) is 8.83. The molecule has 7 heteroatoms. The molecule has 0 aliphatic carbocycles. The lowest BCUT2D eigenvalue weighted by Gasteiger charge is -2.06. The standard InChI is InChI=1S/C17H14BrNO5/c18-14-4-8-16(9-5-14)23-11-12-24-17(20)10-3-13-1-6-15(7-2-13)19(21)22/h1-10H,11-12H2/b10-3+. The van der Waals surface area contributed by atoms with Gasteiger partial charge in [0.15, 0.2) is 0 Å². The summed E-state index contributed by atoms with van der Waals surface area (Å²) in [5.74, 6) is 0.184. The van der Waals surface area contributed by atoms with Crippen molar-refractivity contribution in [2.24, 2.45) is 0 Å². The van der Waals surface area contributed by atoms with Crippen LogP contribution in [0.2, 0.25) is 0 Å². The molecule has 0 saturated heterocycles. The number of benzene rings is 2. The van der Waals surface area contributed by atoms with Crippen LogP contribution in [0.4, 0.5) is 5.69 Å². The quantitative estimate of drug-likeness (QED) is 0.234. The molecule has 0 saturated carbocycles. The zero-order valence-corrected chi connectivity index (χ0v) is 14.1. The molecule has 0 radical (unpaired) electrons. The summed E-state index contributed by atoms with van der Waals surface area (Å²) < 4.78 is 11.4. The van der Waals surface area contributed by atoms with Gasteiger partial charge in [0.05, 0.1) is 4.92 Å². The second-order valence-electron chi connectivity index (χ2n) is 4.65. The minimum atomic E-state index is -0.507. The molecule has 2 aromatic rings. The zero-order chi connectivity index (χ0) is 17.4. The van der Waals surface area contributed by atoms with E-state index in [1.54, 1.807) is 24.3 Å². The van der Waals surface area contributed by atoms with Crippen LogP contribution in [0.15, 0.2) is 59.1 Å². The summed E-state index contributed by atoms with van der Waals surface area (Å²) in [6.07, 6.45) is 2.79. The van der Waals surface area contributed by atoms with Crippen LogP contribution >= 0.6 is 15.9 Å². The van der Waals surface area contributed by atoms with Gasteiger partial charge in [0.1, 0.15) is 19.0 Å². The Morgan fingerprint density at radius 2 is 1.75 bits per heavy atom. The van der Waals surface area contributed by atoms with Gasteiger partial charge in [-0.2, -0.15) is 0 Å². The molecule has 0 aliphatic rings. The number of halogens is 1. The first-order valence-electron chi connectivity index (χ1n) is 7.02. The molecule has 2 rings (SSSR count). The van der Waals surface area contributed by atoms with E-state index in [1.807, 2.05) is 12.1 Å². The van der Waals surface area contributed by atoms with E-state index in [9.17, 15) is 14.9 Å². The molecule has 0 unspecified atom stereocenters. The third kappa shape index (κ3) is 5.85. The van der Waals surface area contributed by atoms with Crippen LogP contribution in [-0.4, -0.2) is 24.1 Å². The van der Waals surface area contributed by atoms with Crippen molar-refractivity contribution in [3.63, 3.8) is 0 Å². The lowest BCUT2D eigenvalue weighted by atomic mass is 10.2. The van der Waals surface area contributed by atoms with Gasteiger partial charge >= 0.3 is 5.97 Å². The second-order valence-corrected chi connectivity index (χ2v) is 5.57. The Kier molecular flexibility index (Phi) is 6.51. The summed E-state index contributed by atoms with van der Waals surface area (Å²) >= 11 is 3.33. The van der Waals surface area contributed by atoms with E-state index in [4.69, 9.17) is 9.47 Å². The first-order chi connectivity index (χ1) is 11.5. The van der Waals surface area contributed by atoms with E-state index in [0.29, 0.717) is 11.3 Å². The molecular weight excluding hydrogens is 378 g/mol. The smallest absolute Gasteiger partial charge is 0.330 e. The monoisotopic (exact) mass is 391 g/mol. The van der Waals surface area contributed by atoms with Crippen molar-refractivity contribution in [3.05, 3.63) is 74.8 Å². The lowest BCUT2D eigenvalue weighted by molar-refractivity contribution is -0.384.